The lowest BCUT2D eigenvalue weighted by atomic mass is 9.96. The van der Waals surface area contributed by atoms with Crippen molar-refractivity contribution in [3.63, 3.8) is 0 Å². The first-order chi connectivity index (χ1) is 17.4. The van der Waals surface area contributed by atoms with Crippen molar-refractivity contribution < 1.29 is 28.2 Å². The van der Waals surface area contributed by atoms with Gasteiger partial charge in [-0.05, 0) is 55.3 Å². The Morgan fingerprint density at radius 3 is 2.31 bits per heavy atom. The number of methoxy groups -OCH3 is 4. The summed E-state index contributed by atoms with van der Waals surface area (Å²) in [6, 6.07) is 15.0. The second-order valence-electron chi connectivity index (χ2n) is 8.20. The summed E-state index contributed by atoms with van der Waals surface area (Å²) in [6.07, 6.45) is 3.27. The molecule has 1 amide bonds. The van der Waals surface area contributed by atoms with Gasteiger partial charge in [-0.2, -0.15) is 0 Å². The molecule has 7 heteroatoms. The predicted molar refractivity (Wildman–Crippen MR) is 141 cm³/mol. The van der Waals surface area contributed by atoms with Crippen LogP contribution < -0.4 is 24.3 Å². The van der Waals surface area contributed by atoms with Crippen molar-refractivity contribution in [3.05, 3.63) is 72.0 Å². The van der Waals surface area contributed by atoms with Crippen molar-refractivity contribution in [2.75, 3.05) is 33.8 Å². The van der Waals surface area contributed by atoms with E-state index in [-0.39, 0.29) is 5.91 Å². The minimum absolute atomic E-state index is 0.274. The zero-order valence-corrected chi connectivity index (χ0v) is 21.2. The molecule has 0 fully saturated rings. The Labute approximate surface area is 210 Å². The first-order valence-electron chi connectivity index (χ1n) is 11.4. The van der Waals surface area contributed by atoms with Gasteiger partial charge in [-0.1, -0.05) is 18.2 Å². The fraction of sp³-hybridized carbons (Fsp3) is 0.207. The van der Waals surface area contributed by atoms with Crippen LogP contribution >= 0.6 is 0 Å². The minimum Gasteiger partial charge on any atom is -0.496 e. The SMILES string of the molecule is COc1ccccc1NC(=O)/C=C(\C)c1cc2c(-c3ccc(OC)c(OC)c3)coc2c(C)c1OC. The molecule has 36 heavy (non-hydrogen) atoms. The largest absolute Gasteiger partial charge is 0.496 e. The minimum atomic E-state index is -0.274. The van der Waals surface area contributed by atoms with Crippen molar-refractivity contribution in [2.45, 2.75) is 13.8 Å². The Morgan fingerprint density at radius 2 is 1.61 bits per heavy atom. The van der Waals surface area contributed by atoms with E-state index in [2.05, 4.69) is 5.32 Å². The van der Waals surface area contributed by atoms with E-state index in [1.54, 1.807) is 52.9 Å². The van der Waals surface area contributed by atoms with Gasteiger partial charge >= 0.3 is 0 Å². The van der Waals surface area contributed by atoms with Crippen molar-refractivity contribution in [1.29, 1.82) is 0 Å². The van der Waals surface area contributed by atoms with Gasteiger partial charge in [0.1, 0.15) is 17.1 Å². The molecule has 0 radical (unpaired) electrons. The van der Waals surface area contributed by atoms with Gasteiger partial charge in [-0.15, -0.1) is 0 Å². The number of carbonyl (C=O) groups excluding carboxylic acids is 1. The second-order valence-corrected chi connectivity index (χ2v) is 8.20. The zero-order valence-electron chi connectivity index (χ0n) is 21.2. The number of hydrogen-bond donors (Lipinski definition) is 1. The maximum atomic E-state index is 12.9. The van der Waals surface area contributed by atoms with Gasteiger partial charge in [0.2, 0.25) is 5.91 Å². The van der Waals surface area contributed by atoms with Crippen LogP contribution in [0.25, 0.3) is 27.7 Å². The van der Waals surface area contributed by atoms with Gasteiger partial charge in [0.25, 0.3) is 0 Å². The van der Waals surface area contributed by atoms with Crippen LogP contribution in [0.1, 0.15) is 18.1 Å². The van der Waals surface area contributed by atoms with E-state index < -0.39 is 0 Å². The molecule has 0 atom stereocenters. The summed E-state index contributed by atoms with van der Waals surface area (Å²) < 4.78 is 27.9. The van der Waals surface area contributed by atoms with Crippen molar-refractivity contribution in [3.8, 4) is 34.1 Å². The molecule has 1 N–H and O–H groups in total. The summed E-state index contributed by atoms with van der Waals surface area (Å²) in [6.45, 7) is 3.82. The maximum Gasteiger partial charge on any atom is 0.248 e. The number of carbonyl (C=O) groups is 1. The van der Waals surface area contributed by atoms with Crippen LogP contribution in [0, 0.1) is 6.92 Å². The molecule has 0 spiro atoms. The molecule has 0 aliphatic carbocycles. The number of ether oxygens (including phenoxy) is 4. The number of rotatable bonds is 8. The summed E-state index contributed by atoms with van der Waals surface area (Å²) >= 11 is 0. The van der Waals surface area contributed by atoms with Gasteiger partial charge < -0.3 is 28.7 Å². The fourth-order valence-corrected chi connectivity index (χ4v) is 4.29. The van der Waals surface area contributed by atoms with E-state index in [0.717, 1.165) is 33.2 Å². The fourth-order valence-electron chi connectivity index (χ4n) is 4.29. The molecule has 4 rings (SSSR count). The molecule has 186 valence electrons. The first-order valence-corrected chi connectivity index (χ1v) is 11.4. The molecule has 0 saturated carbocycles. The molecule has 1 heterocycles. The summed E-state index contributed by atoms with van der Waals surface area (Å²) in [5.74, 6) is 2.23. The van der Waals surface area contributed by atoms with Gasteiger partial charge in [-0.25, -0.2) is 0 Å². The molecule has 0 aliphatic rings. The van der Waals surface area contributed by atoms with E-state index in [4.69, 9.17) is 23.4 Å². The maximum absolute atomic E-state index is 12.9. The van der Waals surface area contributed by atoms with E-state index in [1.165, 1.54) is 0 Å². The van der Waals surface area contributed by atoms with Gasteiger partial charge in [0.05, 0.1) is 40.4 Å². The van der Waals surface area contributed by atoms with Crippen LogP contribution in [0.2, 0.25) is 0 Å². The molecule has 3 aromatic carbocycles. The number of furan rings is 1. The number of amides is 1. The number of anilines is 1. The van der Waals surface area contributed by atoms with Crippen LogP contribution in [-0.2, 0) is 4.79 Å². The molecule has 4 aromatic rings. The third-order valence-electron chi connectivity index (χ3n) is 6.08. The number of hydrogen-bond acceptors (Lipinski definition) is 6. The monoisotopic (exact) mass is 487 g/mol. The Morgan fingerprint density at radius 1 is 0.889 bits per heavy atom. The molecule has 1 aromatic heterocycles. The van der Waals surface area contributed by atoms with Crippen LogP contribution in [0.5, 0.6) is 23.0 Å². The number of benzene rings is 3. The number of fused-ring (bicyclic) bond motifs is 1. The Balaban J connectivity index is 1.78. The summed E-state index contributed by atoms with van der Waals surface area (Å²) in [4.78, 5) is 12.9. The number of para-hydroxylation sites is 2. The zero-order chi connectivity index (χ0) is 25.8. The lowest BCUT2D eigenvalue weighted by molar-refractivity contribution is -0.111. The van der Waals surface area contributed by atoms with Crippen LogP contribution in [-0.4, -0.2) is 34.3 Å². The third-order valence-corrected chi connectivity index (χ3v) is 6.08. The smallest absolute Gasteiger partial charge is 0.248 e. The molecular formula is C29H29NO6. The number of aryl methyl sites for hydroxylation is 1. The van der Waals surface area contributed by atoms with Crippen molar-refractivity contribution in [1.82, 2.24) is 0 Å². The van der Waals surface area contributed by atoms with Gasteiger partial charge in [0, 0.05) is 28.2 Å². The Hall–Kier alpha value is -4.39. The summed E-state index contributed by atoms with van der Waals surface area (Å²) in [7, 11) is 6.38. The lowest BCUT2D eigenvalue weighted by Gasteiger charge is -2.14. The highest BCUT2D eigenvalue weighted by Gasteiger charge is 2.20. The normalized spacial score (nSPS) is 11.3. The highest BCUT2D eigenvalue weighted by atomic mass is 16.5. The number of allylic oxidation sites excluding steroid dienone is 1. The highest BCUT2D eigenvalue weighted by molar-refractivity contribution is 6.06. The van der Waals surface area contributed by atoms with E-state index in [1.807, 2.05) is 50.2 Å². The average molecular weight is 488 g/mol. The highest BCUT2D eigenvalue weighted by Crippen LogP contribution is 2.42. The van der Waals surface area contributed by atoms with Crippen LogP contribution in [0.4, 0.5) is 5.69 Å². The topological polar surface area (TPSA) is 79.2 Å². The van der Waals surface area contributed by atoms with Crippen LogP contribution in [0.15, 0.2) is 65.3 Å². The molecular weight excluding hydrogens is 458 g/mol. The molecule has 0 aliphatic heterocycles. The van der Waals surface area contributed by atoms with Gasteiger partial charge in [0.15, 0.2) is 11.5 Å². The Bertz CT molecular complexity index is 1450. The van der Waals surface area contributed by atoms with Crippen molar-refractivity contribution >= 4 is 28.1 Å². The molecule has 7 nitrogen and oxygen atoms in total. The van der Waals surface area contributed by atoms with Crippen LogP contribution in [0.3, 0.4) is 0 Å². The van der Waals surface area contributed by atoms with E-state index in [9.17, 15) is 4.79 Å². The first kappa shape index (κ1) is 24.7. The standard InChI is InChI=1S/C29H29NO6/c1-17(13-27(31)30-23-9-7-8-10-24(23)32-3)20-15-21-22(16-36-29(21)18(2)28(20)35-6)19-11-12-25(33-4)26(14-19)34-5/h7-16H,1-6H3,(H,30,31)/b17-13+. The third kappa shape index (κ3) is 4.60. The predicted octanol–water partition coefficient (Wildman–Crippen LogP) is 6.48. The molecule has 0 bridgehead atoms. The average Bonchev–Trinajstić information content (AvgIpc) is 3.32. The van der Waals surface area contributed by atoms with Crippen molar-refractivity contribution in [2.24, 2.45) is 0 Å². The summed E-state index contributed by atoms with van der Waals surface area (Å²) in [5, 5.41) is 3.78. The summed E-state index contributed by atoms with van der Waals surface area (Å²) in [5.41, 5.74) is 5.49. The lowest BCUT2D eigenvalue weighted by Crippen LogP contribution is -2.09. The number of nitrogens with one attached hydrogen (secondary N) is 1. The van der Waals surface area contributed by atoms with E-state index in [0.29, 0.717) is 34.3 Å². The quantitative estimate of drug-likeness (QED) is 0.286. The molecule has 0 unspecified atom stereocenters. The Kier molecular flexibility index (Phi) is 7.20. The van der Waals surface area contributed by atoms with Gasteiger partial charge in [-0.3, -0.25) is 4.79 Å². The van der Waals surface area contributed by atoms with E-state index >= 15 is 0 Å². The second kappa shape index (κ2) is 10.5. The molecule has 0 saturated heterocycles.